The fourth-order valence-corrected chi connectivity index (χ4v) is 3.82. The summed E-state index contributed by atoms with van der Waals surface area (Å²) in [6.45, 7) is 3.87. The lowest BCUT2D eigenvalue weighted by Crippen LogP contribution is -2.32. The predicted octanol–water partition coefficient (Wildman–Crippen LogP) is 2.15. The van der Waals surface area contributed by atoms with Gasteiger partial charge in [0.1, 0.15) is 0 Å². The quantitative estimate of drug-likeness (QED) is 0.826. The van der Waals surface area contributed by atoms with Gasteiger partial charge in [0.2, 0.25) is 11.8 Å². The molecule has 24 heavy (non-hydrogen) atoms. The highest BCUT2D eigenvalue weighted by atomic mass is 32.1. The normalized spacial score (nSPS) is 17.0. The van der Waals surface area contributed by atoms with Gasteiger partial charge < -0.3 is 15.5 Å². The SMILES string of the molecule is Cc1cc(NC(=O)C2CC2)sc1C(=O)NCCC(=O)N1CCCC1. The number of carbonyl (C=O) groups excluding carboxylic acids is 3. The zero-order chi connectivity index (χ0) is 17.1. The molecule has 1 saturated heterocycles. The largest absolute Gasteiger partial charge is 0.351 e. The molecule has 2 fully saturated rings. The van der Waals surface area contributed by atoms with Gasteiger partial charge in [0.15, 0.2) is 0 Å². The predicted molar refractivity (Wildman–Crippen MR) is 93.2 cm³/mol. The van der Waals surface area contributed by atoms with Crippen molar-refractivity contribution in [3.05, 3.63) is 16.5 Å². The van der Waals surface area contributed by atoms with Crippen LogP contribution < -0.4 is 10.6 Å². The molecule has 7 heteroatoms. The van der Waals surface area contributed by atoms with E-state index in [-0.39, 0.29) is 23.6 Å². The Morgan fingerprint density at radius 2 is 1.96 bits per heavy atom. The summed E-state index contributed by atoms with van der Waals surface area (Å²) in [6, 6.07) is 1.83. The molecule has 3 amide bonds. The molecule has 0 unspecified atom stereocenters. The third kappa shape index (κ3) is 4.14. The van der Waals surface area contributed by atoms with Crippen molar-refractivity contribution in [2.24, 2.45) is 5.92 Å². The van der Waals surface area contributed by atoms with Crippen molar-refractivity contribution >= 4 is 34.1 Å². The van der Waals surface area contributed by atoms with Crippen LogP contribution in [0.15, 0.2) is 6.07 Å². The first kappa shape index (κ1) is 17.0. The molecule has 0 bridgehead atoms. The number of amides is 3. The minimum Gasteiger partial charge on any atom is -0.351 e. The molecule has 1 saturated carbocycles. The van der Waals surface area contributed by atoms with Crippen LogP contribution in [-0.2, 0) is 9.59 Å². The number of rotatable bonds is 6. The Morgan fingerprint density at radius 1 is 1.25 bits per heavy atom. The van der Waals surface area contributed by atoms with Gasteiger partial charge in [-0.3, -0.25) is 14.4 Å². The Balaban J connectivity index is 1.48. The van der Waals surface area contributed by atoms with Crippen LogP contribution in [0.4, 0.5) is 5.00 Å². The Labute approximate surface area is 145 Å². The van der Waals surface area contributed by atoms with Gasteiger partial charge in [-0.05, 0) is 44.2 Å². The minimum absolute atomic E-state index is 0.0411. The summed E-state index contributed by atoms with van der Waals surface area (Å²) < 4.78 is 0. The monoisotopic (exact) mass is 349 g/mol. The summed E-state index contributed by atoms with van der Waals surface area (Å²) in [5, 5.41) is 6.39. The lowest BCUT2D eigenvalue weighted by Gasteiger charge is -2.15. The van der Waals surface area contributed by atoms with Gasteiger partial charge >= 0.3 is 0 Å². The maximum absolute atomic E-state index is 12.3. The number of likely N-dealkylation sites (tertiary alicyclic amines) is 1. The zero-order valence-electron chi connectivity index (χ0n) is 13.9. The molecule has 1 aliphatic heterocycles. The van der Waals surface area contributed by atoms with Crippen LogP contribution in [0.3, 0.4) is 0 Å². The highest BCUT2D eigenvalue weighted by Crippen LogP contribution is 2.32. The molecule has 0 radical (unpaired) electrons. The molecular formula is C17H23N3O3S. The van der Waals surface area contributed by atoms with Crippen LogP contribution in [-0.4, -0.2) is 42.3 Å². The number of anilines is 1. The summed E-state index contributed by atoms with van der Waals surface area (Å²) in [5.41, 5.74) is 0.842. The molecule has 0 atom stereocenters. The number of nitrogens with zero attached hydrogens (tertiary/aromatic N) is 1. The molecule has 3 rings (SSSR count). The molecular weight excluding hydrogens is 326 g/mol. The first-order chi connectivity index (χ1) is 11.5. The molecule has 2 N–H and O–H groups in total. The summed E-state index contributed by atoms with van der Waals surface area (Å²) in [5.74, 6) is 0.104. The van der Waals surface area contributed by atoms with Crippen molar-refractivity contribution in [3.8, 4) is 0 Å². The topological polar surface area (TPSA) is 78.5 Å². The van der Waals surface area contributed by atoms with Crippen molar-refractivity contribution in [2.45, 2.75) is 39.0 Å². The van der Waals surface area contributed by atoms with E-state index in [4.69, 9.17) is 0 Å². The number of aryl methyl sites for hydroxylation is 1. The molecule has 1 aliphatic carbocycles. The van der Waals surface area contributed by atoms with Crippen LogP contribution in [0.5, 0.6) is 0 Å². The smallest absolute Gasteiger partial charge is 0.261 e. The maximum Gasteiger partial charge on any atom is 0.261 e. The van der Waals surface area contributed by atoms with E-state index in [0.717, 1.165) is 44.3 Å². The van der Waals surface area contributed by atoms with E-state index in [0.29, 0.717) is 22.8 Å². The van der Waals surface area contributed by atoms with Crippen molar-refractivity contribution in [1.29, 1.82) is 0 Å². The number of hydrogen-bond donors (Lipinski definition) is 2. The van der Waals surface area contributed by atoms with Crippen molar-refractivity contribution in [2.75, 3.05) is 25.0 Å². The van der Waals surface area contributed by atoms with Crippen LogP contribution in [0.1, 0.15) is 47.3 Å². The summed E-state index contributed by atoms with van der Waals surface area (Å²) in [4.78, 5) is 38.5. The van der Waals surface area contributed by atoms with Gasteiger partial charge in [0, 0.05) is 32.0 Å². The van der Waals surface area contributed by atoms with Gasteiger partial charge in [-0.1, -0.05) is 0 Å². The summed E-state index contributed by atoms with van der Waals surface area (Å²) in [7, 11) is 0. The van der Waals surface area contributed by atoms with Gasteiger partial charge in [-0.15, -0.1) is 11.3 Å². The second-order valence-electron chi connectivity index (χ2n) is 6.48. The highest BCUT2D eigenvalue weighted by Gasteiger charge is 2.30. The number of hydrogen-bond acceptors (Lipinski definition) is 4. The second-order valence-corrected chi connectivity index (χ2v) is 7.53. The first-order valence-corrected chi connectivity index (χ1v) is 9.33. The van der Waals surface area contributed by atoms with Crippen LogP contribution >= 0.6 is 11.3 Å². The fourth-order valence-electron chi connectivity index (χ4n) is 2.83. The first-order valence-electron chi connectivity index (χ1n) is 8.52. The van der Waals surface area contributed by atoms with Crippen LogP contribution in [0.2, 0.25) is 0 Å². The molecule has 1 aromatic rings. The Kier molecular flexibility index (Phi) is 5.18. The highest BCUT2D eigenvalue weighted by molar-refractivity contribution is 7.18. The minimum atomic E-state index is -0.182. The van der Waals surface area contributed by atoms with Crippen molar-refractivity contribution in [1.82, 2.24) is 10.2 Å². The average Bonchev–Trinajstić information content (AvgIpc) is 3.13. The van der Waals surface area contributed by atoms with E-state index in [2.05, 4.69) is 10.6 Å². The van der Waals surface area contributed by atoms with Crippen LogP contribution in [0, 0.1) is 12.8 Å². The molecule has 6 nitrogen and oxygen atoms in total. The van der Waals surface area contributed by atoms with Gasteiger partial charge in [-0.2, -0.15) is 0 Å². The lowest BCUT2D eigenvalue weighted by atomic mass is 10.2. The average molecular weight is 349 g/mol. The fraction of sp³-hybridized carbons (Fsp3) is 0.588. The number of nitrogens with one attached hydrogen (secondary N) is 2. The zero-order valence-corrected chi connectivity index (χ0v) is 14.7. The van der Waals surface area contributed by atoms with Crippen molar-refractivity contribution in [3.63, 3.8) is 0 Å². The standard InChI is InChI=1S/C17H23N3O3S/c1-11-10-13(19-16(22)12-4-5-12)24-15(11)17(23)18-7-6-14(21)20-8-2-3-9-20/h10,12H,2-9H2,1H3,(H,18,23)(H,19,22). The molecule has 2 aliphatic rings. The molecule has 130 valence electrons. The summed E-state index contributed by atoms with van der Waals surface area (Å²) in [6.07, 6.45) is 4.38. The Hall–Kier alpha value is -1.89. The summed E-state index contributed by atoms with van der Waals surface area (Å²) >= 11 is 1.29. The number of thiophene rings is 1. The Morgan fingerprint density at radius 3 is 2.62 bits per heavy atom. The van der Waals surface area contributed by atoms with E-state index < -0.39 is 0 Å². The lowest BCUT2D eigenvalue weighted by molar-refractivity contribution is -0.130. The van der Waals surface area contributed by atoms with Crippen LogP contribution in [0.25, 0.3) is 0 Å². The number of carbonyl (C=O) groups is 3. The van der Waals surface area contributed by atoms with E-state index in [1.807, 2.05) is 17.9 Å². The van der Waals surface area contributed by atoms with E-state index in [9.17, 15) is 14.4 Å². The van der Waals surface area contributed by atoms with E-state index >= 15 is 0 Å². The van der Waals surface area contributed by atoms with Crippen molar-refractivity contribution < 1.29 is 14.4 Å². The molecule has 0 aromatic carbocycles. The molecule has 2 heterocycles. The third-order valence-corrected chi connectivity index (χ3v) is 5.55. The van der Waals surface area contributed by atoms with Gasteiger partial charge in [-0.25, -0.2) is 0 Å². The van der Waals surface area contributed by atoms with Gasteiger partial charge in [0.25, 0.3) is 5.91 Å². The van der Waals surface area contributed by atoms with E-state index in [1.165, 1.54) is 11.3 Å². The third-order valence-electron chi connectivity index (χ3n) is 4.40. The second kappa shape index (κ2) is 7.34. The maximum atomic E-state index is 12.3. The Bertz CT molecular complexity index is 646. The molecule has 0 spiro atoms. The van der Waals surface area contributed by atoms with Gasteiger partial charge in [0.05, 0.1) is 9.88 Å². The molecule has 1 aromatic heterocycles. The van der Waals surface area contributed by atoms with E-state index in [1.54, 1.807) is 0 Å².